The van der Waals surface area contributed by atoms with Crippen LogP contribution < -0.4 is 25.4 Å². The molecule has 1 aromatic rings. The Kier molecular flexibility index (Phi) is 12.3. The Balaban J connectivity index is 2.58. The van der Waals surface area contributed by atoms with Gasteiger partial charge >= 0.3 is 0 Å². The molecule has 0 spiro atoms. The molecule has 3 N–H and O–H groups in total. The van der Waals surface area contributed by atoms with Crippen LogP contribution in [0.3, 0.4) is 0 Å². The number of likely N-dealkylation sites (N-methyl/N-ethyl adjacent to an activating group) is 1. The van der Waals surface area contributed by atoms with Crippen molar-refractivity contribution in [1.29, 1.82) is 0 Å². The number of guanidine groups is 1. The van der Waals surface area contributed by atoms with Crippen molar-refractivity contribution in [3.8, 4) is 11.5 Å². The zero-order valence-corrected chi connectivity index (χ0v) is 18.6. The normalized spacial score (nSPS) is 12.2. The molecule has 0 aromatic heterocycles. The van der Waals surface area contributed by atoms with Gasteiger partial charge in [0.05, 0.1) is 7.11 Å². The fourth-order valence-electron chi connectivity index (χ4n) is 2.92. The summed E-state index contributed by atoms with van der Waals surface area (Å²) in [6.07, 6.45) is 4.90. The number of ether oxygens (including phenoxy) is 2. The summed E-state index contributed by atoms with van der Waals surface area (Å²) in [7, 11) is 3.37. The summed E-state index contributed by atoms with van der Waals surface area (Å²) in [6.45, 7) is 8.41. The van der Waals surface area contributed by atoms with E-state index in [1.54, 1.807) is 14.2 Å². The van der Waals surface area contributed by atoms with Gasteiger partial charge in [-0.1, -0.05) is 39.2 Å². The van der Waals surface area contributed by atoms with Crippen LogP contribution in [0.1, 0.15) is 52.0 Å². The van der Waals surface area contributed by atoms with Gasteiger partial charge in [-0.15, -0.1) is 0 Å². The Labute approximate surface area is 175 Å². The van der Waals surface area contributed by atoms with Crippen molar-refractivity contribution in [2.75, 3.05) is 33.9 Å². The van der Waals surface area contributed by atoms with Crippen LogP contribution in [-0.4, -0.2) is 45.7 Å². The molecule has 1 atom stereocenters. The van der Waals surface area contributed by atoms with Crippen LogP contribution in [0.15, 0.2) is 23.2 Å². The minimum atomic E-state index is -0.153. The predicted octanol–water partition coefficient (Wildman–Crippen LogP) is 3.09. The van der Waals surface area contributed by atoms with Gasteiger partial charge in [-0.2, -0.15) is 0 Å². The number of methoxy groups -OCH3 is 1. The number of amides is 1. The average molecular weight is 407 g/mol. The maximum Gasteiger partial charge on any atom is 0.257 e. The first kappa shape index (κ1) is 24.6. The van der Waals surface area contributed by atoms with Crippen LogP contribution in [-0.2, 0) is 11.3 Å². The fourth-order valence-corrected chi connectivity index (χ4v) is 2.92. The second-order valence-electron chi connectivity index (χ2n) is 6.95. The molecule has 1 amide bonds. The number of hydrogen-bond acceptors (Lipinski definition) is 4. The summed E-state index contributed by atoms with van der Waals surface area (Å²) < 4.78 is 11.0. The molecule has 0 fully saturated rings. The Hall–Kier alpha value is -2.44. The highest BCUT2D eigenvalue weighted by Crippen LogP contribution is 2.28. The minimum Gasteiger partial charge on any atom is -0.493 e. The molecule has 0 radical (unpaired) electrons. The monoisotopic (exact) mass is 406 g/mol. The Morgan fingerprint density at radius 2 is 1.93 bits per heavy atom. The summed E-state index contributed by atoms with van der Waals surface area (Å²) in [5.74, 6) is 2.44. The SMILES string of the molecule is CCCCC(CC)CNC(=NC)NCc1ccc(OCC(=O)NCC)c(OC)c1. The van der Waals surface area contributed by atoms with Gasteiger partial charge in [-0.3, -0.25) is 9.79 Å². The third-order valence-corrected chi connectivity index (χ3v) is 4.75. The van der Waals surface area contributed by atoms with Gasteiger partial charge in [0.1, 0.15) is 0 Å². The van der Waals surface area contributed by atoms with Gasteiger partial charge in [0.25, 0.3) is 5.91 Å². The maximum absolute atomic E-state index is 11.6. The van der Waals surface area contributed by atoms with Crippen LogP contribution in [0.5, 0.6) is 11.5 Å². The number of aliphatic imine (C=N–C) groups is 1. The molecule has 7 nitrogen and oxygen atoms in total. The molecular formula is C22H38N4O3. The number of carbonyl (C=O) groups excluding carboxylic acids is 1. The van der Waals surface area contributed by atoms with Crippen molar-refractivity contribution in [3.63, 3.8) is 0 Å². The molecule has 29 heavy (non-hydrogen) atoms. The maximum atomic E-state index is 11.6. The lowest BCUT2D eigenvalue weighted by Gasteiger charge is -2.18. The lowest BCUT2D eigenvalue weighted by molar-refractivity contribution is -0.123. The first-order valence-electron chi connectivity index (χ1n) is 10.6. The Morgan fingerprint density at radius 1 is 1.14 bits per heavy atom. The molecule has 1 aromatic carbocycles. The standard InChI is InChI=1S/C22H38N4O3/c1-6-9-10-17(7-2)14-25-22(23-4)26-15-18-11-12-19(20(13-18)28-5)29-16-21(27)24-8-3/h11-13,17H,6-10,14-16H2,1-5H3,(H,24,27)(H2,23,25,26). The molecule has 7 heteroatoms. The number of hydrogen-bond donors (Lipinski definition) is 3. The summed E-state index contributed by atoms with van der Waals surface area (Å²) >= 11 is 0. The number of nitrogens with one attached hydrogen (secondary N) is 3. The zero-order valence-electron chi connectivity index (χ0n) is 18.6. The Morgan fingerprint density at radius 3 is 2.55 bits per heavy atom. The van der Waals surface area contributed by atoms with E-state index in [2.05, 4.69) is 34.8 Å². The van der Waals surface area contributed by atoms with E-state index in [9.17, 15) is 4.79 Å². The summed E-state index contributed by atoms with van der Waals surface area (Å²) in [5, 5.41) is 9.46. The van der Waals surface area contributed by atoms with Gasteiger partial charge in [0.15, 0.2) is 24.1 Å². The van der Waals surface area contributed by atoms with Crippen molar-refractivity contribution in [2.45, 2.75) is 53.0 Å². The topological polar surface area (TPSA) is 84.0 Å². The fraction of sp³-hybridized carbons (Fsp3) is 0.636. The van der Waals surface area contributed by atoms with E-state index in [0.717, 1.165) is 18.1 Å². The minimum absolute atomic E-state index is 0.0328. The van der Waals surface area contributed by atoms with Gasteiger partial charge < -0.3 is 25.4 Å². The molecule has 0 bridgehead atoms. The van der Waals surface area contributed by atoms with Crippen LogP contribution in [0.25, 0.3) is 0 Å². The smallest absolute Gasteiger partial charge is 0.257 e. The van der Waals surface area contributed by atoms with Crippen molar-refractivity contribution < 1.29 is 14.3 Å². The molecule has 0 saturated heterocycles. The van der Waals surface area contributed by atoms with Gasteiger partial charge in [-0.25, -0.2) is 0 Å². The van der Waals surface area contributed by atoms with Crippen LogP contribution >= 0.6 is 0 Å². The zero-order chi connectivity index (χ0) is 21.5. The van der Waals surface area contributed by atoms with Crippen LogP contribution in [0.2, 0.25) is 0 Å². The number of rotatable bonds is 13. The highest BCUT2D eigenvalue weighted by atomic mass is 16.5. The molecule has 164 valence electrons. The van der Waals surface area contributed by atoms with E-state index < -0.39 is 0 Å². The van der Waals surface area contributed by atoms with Crippen molar-refractivity contribution in [2.24, 2.45) is 10.9 Å². The molecule has 1 rings (SSSR count). The first-order chi connectivity index (χ1) is 14.1. The van der Waals surface area contributed by atoms with E-state index in [-0.39, 0.29) is 12.5 Å². The summed E-state index contributed by atoms with van der Waals surface area (Å²) in [5.41, 5.74) is 1.04. The van der Waals surface area contributed by atoms with Gasteiger partial charge in [0.2, 0.25) is 0 Å². The lowest BCUT2D eigenvalue weighted by atomic mass is 9.99. The highest BCUT2D eigenvalue weighted by molar-refractivity contribution is 5.79. The van der Waals surface area contributed by atoms with Crippen molar-refractivity contribution in [1.82, 2.24) is 16.0 Å². The molecular weight excluding hydrogens is 368 g/mol. The van der Waals surface area contributed by atoms with E-state index in [4.69, 9.17) is 9.47 Å². The molecule has 0 aliphatic heterocycles. The second-order valence-corrected chi connectivity index (χ2v) is 6.95. The molecule has 0 heterocycles. The van der Waals surface area contributed by atoms with Gasteiger partial charge in [0, 0.05) is 26.7 Å². The number of nitrogens with zero attached hydrogens (tertiary/aromatic N) is 1. The summed E-state index contributed by atoms with van der Waals surface area (Å²) in [6, 6.07) is 5.68. The van der Waals surface area contributed by atoms with Gasteiger partial charge in [-0.05, 0) is 37.0 Å². The average Bonchev–Trinajstić information content (AvgIpc) is 2.74. The Bertz CT molecular complexity index is 634. The lowest BCUT2D eigenvalue weighted by Crippen LogP contribution is -2.39. The molecule has 0 saturated carbocycles. The highest BCUT2D eigenvalue weighted by Gasteiger charge is 2.10. The number of benzene rings is 1. The first-order valence-corrected chi connectivity index (χ1v) is 10.6. The molecule has 1 unspecified atom stereocenters. The van der Waals surface area contributed by atoms with E-state index >= 15 is 0 Å². The predicted molar refractivity (Wildman–Crippen MR) is 119 cm³/mol. The van der Waals surface area contributed by atoms with Crippen molar-refractivity contribution in [3.05, 3.63) is 23.8 Å². The van der Waals surface area contributed by atoms with Crippen molar-refractivity contribution >= 4 is 11.9 Å². The molecule has 0 aliphatic rings. The second kappa shape index (κ2) is 14.5. The quantitative estimate of drug-likeness (QED) is 0.346. The third-order valence-electron chi connectivity index (χ3n) is 4.75. The van der Waals surface area contributed by atoms with E-state index in [0.29, 0.717) is 30.5 Å². The third kappa shape index (κ3) is 9.54. The number of unbranched alkanes of at least 4 members (excludes halogenated alkanes) is 1. The largest absolute Gasteiger partial charge is 0.493 e. The molecule has 0 aliphatic carbocycles. The van der Waals surface area contributed by atoms with Crippen LogP contribution in [0, 0.1) is 5.92 Å². The van der Waals surface area contributed by atoms with E-state index in [1.807, 2.05) is 25.1 Å². The number of carbonyl (C=O) groups is 1. The van der Waals surface area contributed by atoms with E-state index in [1.165, 1.54) is 25.7 Å². The summed E-state index contributed by atoms with van der Waals surface area (Å²) in [4.78, 5) is 15.9. The van der Waals surface area contributed by atoms with Crippen LogP contribution in [0.4, 0.5) is 0 Å².